The maximum atomic E-state index is 13.7. The lowest BCUT2D eigenvalue weighted by molar-refractivity contribution is -0.131. The smallest absolute Gasteiger partial charge is 0.254 e. The number of ether oxygens (including phenoxy) is 2. The zero-order valence-electron chi connectivity index (χ0n) is 17.8. The molecule has 2 aromatic rings. The number of nitrogens with zero attached hydrogens (tertiary/aromatic N) is 2. The number of sulfonamides is 1. The number of halogens is 1. The Balaban J connectivity index is 1.33. The van der Waals surface area contributed by atoms with Crippen molar-refractivity contribution >= 4 is 21.8 Å². The number of carbonyl (C=O) groups is 2. The van der Waals surface area contributed by atoms with Gasteiger partial charge in [0.2, 0.25) is 15.9 Å². The second kappa shape index (κ2) is 9.75. The topological polar surface area (TPSA) is 105 Å². The Morgan fingerprint density at radius 2 is 1.67 bits per heavy atom. The van der Waals surface area contributed by atoms with E-state index >= 15 is 0 Å². The number of piperazine rings is 1. The van der Waals surface area contributed by atoms with Gasteiger partial charge in [-0.25, -0.2) is 12.8 Å². The number of carbonyl (C=O) groups excluding carboxylic acids is 2. The second-order valence-electron chi connectivity index (χ2n) is 7.61. The molecule has 2 aromatic carbocycles. The third kappa shape index (κ3) is 5.09. The summed E-state index contributed by atoms with van der Waals surface area (Å²) in [4.78, 5) is 26.1. The van der Waals surface area contributed by atoms with Crippen molar-refractivity contribution in [3.63, 3.8) is 0 Å². The summed E-state index contributed by atoms with van der Waals surface area (Å²) in [6, 6.07) is 10.0. The van der Waals surface area contributed by atoms with E-state index in [1.807, 2.05) is 0 Å². The van der Waals surface area contributed by atoms with Gasteiger partial charge in [-0.3, -0.25) is 9.59 Å². The summed E-state index contributed by atoms with van der Waals surface area (Å²) < 4.78 is 52.3. The molecule has 0 aromatic heterocycles. The summed E-state index contributed by atoms with van der Waals surface area (Å²) >= 11 is 0. The molecule has 0 bridgehead atoms. The zero-order valence-corrected chi connectivity index (χ0v) is 18.6. The Bertz CT molecular complexity index is 1150. The van der Waals surface area contributed by atoms with E-state index in [1.165, 1.54) is 45.6 Å². The standard InChI is InChI=1S/C22H24FN3O6S/c23-18-5-2-1-4-17(18)22(28)24-15-21(27)25-8-10-26(11-9-25)33(29,30)16-6-7-19-20(14-16)32-13-3-12-31-19/h1-2,4-7,14H,3,8-13,15H2,(H,24,28). The number of rotatable bonds is 5. The molecule has 2 aliphatic heterocycles. The molecule has 2 amide bonds. The van der Waals surface area contributed by atoms with Crippen LogP contribution in [0.3, 0.4) is 0 Å². The first-order valence-electron chi connectivity index (χ1n) is 10.6. The van der Waals surface area contributed by atoms with Crippen LogP contribution >= 0.6 is 0 Å². The molecular formula is C22H24FN3O6S. The molecule has 0 aliphatic carbocycles. The van der Waals surface area contributed by atoms with Gasteiger partial charge in [0.05, 0.1) is 30.2 Å². The molecule has 1 N–H and O–H groups in total. The van der Waals surface area contributed by atoms with Crippen molar-refractivity contribution in [1.29, 1.82) is 0 Å². The van der Waals surface area contributed by atoms with Crippen LogP contribution in [0.25, 0.3) is 0 Å². The fourth-order valence-corrected chi connectivity index (χ4v) is 5.08. The van der Waals surface area contributed by atoms with E-state index in [2.05, 4.69) is 5.32 Å². The summed E-state index contributed by atoms with van der Waals surface area (Å²) in [6.07, 6.45) is 0.716. The van der Waals surface area contributed by atoms with Gasteiger partial charge in [-0.05, 0) is 24.3 Å². The first-order chi connectivity index (χ1) is 15.9. The molecule has 0 radical (unpaired) electrons. The summed E-state index contributed by atoms with van der Waals surface area (Å²) in [5.41, 5.74) is -0.142. The Morgan fingerprint density at radius 1 is 0.970 bits per heavy atom. The normalized spacial score (nSPS) is 16.7. The lowest BCUT2D eigenvalue weighted by atomic mass is 10.2. The van der Waals surface area contributed by atoms with Crippen LogP contribution in [-0.4, -0.2) is 75.4 Å². The van der Waals surface area contributed by atoms with Gasteiger partial charge in [-0.2, -0.15) is 4.31 Å². The number of amides is 2. The number of benzene rings is 2. The first kappa shape index (κ1) is 23.0. The number of nitrogens with one attached hydrogen (secondary N) is 1. The van der Waals surface area contributed by atoms with Crippen molar-refractivity contribution in [2.24, 2.45) is 0 Å². The van der Waals surface area contributed by atoms with Gasteiger partial charge >= 0.3 is 0 Å². The molecule has 0 atom stereocenters. The molecule has 176 valence electrons. The second-order valence-corrected chi connectivity index (χ2v) is 9.54. The van der Waals surface area contributed by atoms with Crippen LogP contribution < -0.4 is 14.8 Å². The van der Waals surface area contributed by atoms with E-state index in [0.29, 0.717) is 31.1 Å². The molecule has 1 fully saturated rings. The highest BCUT2D eigenvalue weighted by atomic mass is 32.2. The van der Waals surface area contributed by atoms with E-state index in [1.54, 1.807) is 6.07 Å². The third-order valence-corrected chi connectivity index (χ3v) is 7.36. The molecule has 2 aliphatic rings. The van der Waals surface area contributed by atoms with Crippen molar-refractivity contribution in [3.8, 4) is 11.5 Å². The maximum Gasteiger partial charge on any atom is 0.254 e. The van der Waals surface area contributed by atoms with Crippen LogP contribution in [0.1, 0.15) is 16.8 Å². The number of hydrogen-bond donors (Lipinski definition) is 1. The highest BCUT2D eigenvalue weighted by Gasteiger charge is 2.31. The van der Waals surface area contributed by atoms with Crippen LogP contribution in [0, 0.1) is 5.82 Å². The zero-order chi connectivity index (χ0) is 23.4. The van der Waals surface area contributed by atoms with Crippen molar-refractivity contribution < 1.29 is 31.9 Å². The van der Waals surface area contributed by atoms with E-state index in [4.69, 9.17) is 9.47 Å². The average molecular weight is 478 g/mol. The lowest BCUT2D eigenvalue weighted by Gasteiger charge is -2.34. The SMILES string of the molecule is O=C(NCC(=O)N1CCN(S(=O)(=O)c2ccc3c(c2)OCCCO3)CC1)c1ccccc1F. The minimum atomic E-state index is -3.77. The molecule has 33 heavy (non-hydrogen) atoms. The summed E-state index contributed by atoms with van der Waals surface area (Å²) in [5.74, 6) is -0.812. The van der Waals surface area contributed by atoms with E-state index in [9.17, 15) is 22.4 Å². The predicted molar refractivity (Wildman–Crippen MR) is 116 cm³/mol. The summed E-state index contributed by atoms with van der Waals surface area (Å²) in [5, 5.41) is 2.41. The van der Waals surface area contributed by atoms with Crippen molar-refractivity contribution in [1.82, 2.24) is 14.5 Å². The molecule has 9 nitrogen and oxygen atoms in total. The van der Waals surface area contributed by atoms with E-state index in [-0.39, 0.29) is 49.1 Å². The average Bonchev–Trinajstić information content (AvgIpc) is 3.07. The van der Waals surface area contributed by atoms with Gasteiger partial charge in [-0.1, -0.05) is 12.1 Å². The molecule has 2 heterocycles. The Kier molecular flexibility index (Phi) is 6.80. The number of hydrogen-bond acceptors (Lipinski definition) is 6. The van der Waals surface area contributed by atoms with Gasteiger partial charge in [-0.15, -0.1) is 0 Å². The van der Waals surface area contributed by atoms with Crippen molar-refractivity contribution in [3.05, 3.63) is 53.8 Å². The van der Waals surface area contributed by atoms with Gasteiger partial charge in [0.1, 0.15) is 5.82 Å². The molecule has 1 saturated heterocycles. The quantitative estimate of drug-likeness (QED) is 0.695. The Hall–Kier alpha value is -3.18. The van der Waals surface area contributed by atoms with Crippen LogP contribution in [0.5, 0.6) is 11.5 Å². The third-order valence-electron chi connectivity index (χ3n) is 5.47. The highest BCUT2D eigenvalue weighted by molar-refractivity contribution is 7.89. The molecule has 4 rings (SSSR count). The Morgan fingerprint density at radius 3 is 2.39 bits per heavy atom. The maximum absolute atomic E-state index is 13.7. The minimum absolute atomic E-state index is 0.101. The van der Waals surface area contributed by atoms with E-state index in [0.717, 1.165) is 0 Å². The molecular weight excluding hydrogens is 453 g/mol. The van der Waals surface area contributed by atoms with Crippen molar-refractivity contribution in [2.45, 2.75) is 11.3 Å². The predicted octanol–water partition coefficient (Wildman–Crippen LogP) is 1.25. The van der Waals surface area contributed by atoms with Crippen LogP contribution in [0.15, 0.2) is 47.4 Å². The van der Waals surface area contributed by atoms with Gasteiger partial charge < -0.3 is 19.7 Å². The van der Waals surface area contributed by atoms with Crippen LogP contribution in [0.4, 0.5) is 4.39 Å². The van der Waals surface area contributed by atoms with Gasteiger partial charge in [0.25, 0.3) is 5.91 Å². The fraction of sp³-hybridized carbons (Fsp3) is 0.364. The highest BCUT2D eigenvalue weighted by Crippen LogP contribution is 2.33. The largest absolute Gasteiger partial charge is 0.490 e. The summed E-state index contributed by atoms with van der Waals surface area (Å²) in [6.45, 7) is 1.24. The first-order valence-corrected chi connectivity index (χ1v) is 12.0. The molecule has 0 saturated carbocycles. The molecule has 0 spiro atoms. The molecule has 0 unspecified atom stereocenters. The number of fused-ring (bicyclic) bond motifs is 1. The molecule has 11 heteroatoms. The minimum Gasteiger partial charge on any atom is -0.490 e. The lowest BCUT2D eigenvalue weighted by Crippen LogP contribution is -2.52. The summed E-state index contributed by atoms with van der Waals surface area (Å²) in [7, 11) is -3.77. The van der Waals surface area contributed by atoms with Crippen molar-refractivity contribution in [2.75, 3.05) is 45.9 Å². The van der Waals surface area contributed by atoms with E-state index < -0.39 is 21.7 Å². The Labute approximate surface area is 191 Å². The van der Waals surface area contributed by atoms with Gasteiger partial charge in [0.15, 0.2) is 11.5 Å². The monoisotopic (exact) mass is 477 g/mol. The van der Waals surface area contributed by atoms with Gasteiger partial charge in [0, 0.05) is 38.7 Å². The fourth-order valence-electron chi connectivity index (χ4n) is 3.64. The van der Waals surface area contributed by atoms with Crippen LogP contribution in [-0.2, 0) is 14.8 Å². The van der Waals surface area contributed by atoms with Crippen LogP contribution in [0.2, 0.25) is 0 Å².